The third-order valence-electron chi connectivity index (χ3n) is 3.91. The molecule has 4 rings (SSSR count). The Bertz CT molecular complexity index is 1010. The second-order valence-electron chi connectivity index (χ2n) is 5.13. The molecule has 0 amide bonds. The van der Waals surface area contributed by atoms with E-state index in [9.17, 15) is 0 Å². The molecule has 0 radical (unpaired) electrons. The van der Waals surface area contributed by atoms with Crippen LogP contribution in [0.2, 0.25) is 0 Å². The lowest BCUT2D eigenvalue weighted by atomic mass is 10.0. The van der Waals surface area contributed by atoms with Gasteiger partial charge in [-0.3, -0.25) is 4.40 Å². The van der Waals surface area contributed by atoms with Gasteiger partial charge in [0.15, 0.2) is 5.16 Å². The van der Waals surface area contributed by atoms with E-state index < -0.39 is 0 Å². The van der Waals surface area contributed by atoms with Gasteiger partial charge < -0.3 is 4.74 Å². The molecule has 4 aromatic rings. The second kappa shape index (κ2) is 5.59. The summed E-state index contributed by atoms with van der Waals surface area (Å²) in [6, 6.07) is 14.2. The lowest BCUT2D eigenvalue weighted by Crippen LogP contribution is -1.93. The number of methoxy groups -OCH3 is 1. The molecule has 4 nitrogen and oxygen atoms in total. The van der Waals surface area contributed by atoms with Crippen LogP contribution in [0.15, 0.2) is 60.0 Å². The van der Waals surface area contributed by atoms with Crippen molar-refractivity contribution < 1.29 is 4.74 Å². The molecule has 0 unspecified atom stereocenters. The van der Waals surface area contributed by atoms with Crippen molar-refractivity contribution in [3.8, 4) is 16.9 Å². The highest BCUT2D eigenvalue weighted by Crippen LogP contribution is 2.37. The quantitative estimate of drug-likeness (QED) is 0.417. The van der Waals surface area contributed by atoms with E-state index >= 15 is 0 Å². The van der Waals surface area contributed by atoms with E-state index in [0.717, 1.165) is 38.6 Å². The van der Waals surface area contributed by atoms with E-state index in [-0.39, 0.29) is 0 Å². The first kappa shape index (κ1) is 14.1. The topological polar surface area (TPSA) is 39.4 Å². The molecule has 0 aliphatic carbocycles. The number of hydrogen-bond acceptors (Lipinski definition) is 4. The van der Waals surface area contributed by atoms with Gasteiger partial charge in [-0.25, -0.2) is 9.97 Å². The van der Waals surface area contributed by atoms with Crippen molar-refractivity contribution in [2.45, 2.75) is 5.16 Å². The number of rotatable bonds is 3. The minimum Gasteiger partial charge on any atom is -0.497 e. The SMILES string of the molecule is COc1cccc(-c2c3cccnc3n3c(SC)nccc23)c1. The Morgan fingerprint density at radius 2 is 1.96 bits per heavy atom. The van der Waals surface area contributed by atoms with Crippen molar-refractivity contribution in [1.82, 2.24) is 14.4 Å². The molecule has 0 aliphatic rings. The lowest BCUT2D eigenvalue weighted by Gasteiger charge is -2.05. The Balaban J connectivity index is 2.16. The number of nitrogens with zero attached hydrogens (tertiary/aromatic N) is 3. The number of hydrogen-bond donors (Lipinski definition) is 0. The Morgan fingerprint density at radius 1 is 1.04 bits per heavy atom. The van der Waals surface area contributed by atoms with Crippen molar-refractivity contribution in [2.75, 3.05) is 13.4 Å². The molecular weight excluding hydrogens is 306 g/mol. The predicted octanol–water partition coefficient (Wildman–Crippen LogP) is 4.28. The maximum Gasteiger partial charge on any atom is 0.173 e. The first-order chi connectivity index (χ1) is 11.3. The average molecular weight is 321 g/mol. The zero-order valence-electron chi connectivity index (χ0n) is 12.9. The Hall–Kier alpha value is -2.53. The van der Waals surface area contributed by atoms with Crippen molar-refractivity contribution in [2.24, 2.45) is 0 Å². The lowest BCUT2D eigenvalue weighted by molar-refractivity contribution is 0.415. The van der Waals surface area contributed by atoms with Crippen LogP contribution in [-0.2, 0) is 0 Å². The molecule has 114 valence electrons. The molecule has 0 fully saturated rings. The molecular formula is C18H15N3OS. The fraction of sp³-hybridized carbons (Fsp3) is 0.111. The number of aromatic nitrogens is 3. The predicted molar refractivity (Wildman–Crippen MR) is 94.3 cm³/mol. The molecule has 0 aliphatic heterocycles. The first-order valence-electron chi connectivity index (χ1n) is 7.26. The molecule has 0 N–H and O–H groups in total. The summed E-state index contributed by atoms with van der Waals surface area (Å²) in [4.78, 5) is 9.06. The minimum atomic E-state index is 0.845. The summed E-state index contributed by atoms with van der Waals surface area (Å²) >= 11 is 1.62. The van der Waals surface area contributed by atoms with Crippen LogP contribution in [0.25, 0.3) is 27.7 Å². The van der Waals surface area contributed by atoms with Crippen molar-refractivity contribution in [3.05, 3.63) is 54.9 Å². The number of ether oxygens (including phenoxy) is 1. The van der Waals surface area contributed by atoms with Gasteiger partial charge in [0.25, 0.3) is 0 Å². The Kier molecular flexibility index (Phi) is 3.42. The van der Waals surface area contributed by atoms with E-state index in [0.29, 0.717) is 0 Å². The largest absolute Gasteiger partial charge is 0.497 e. The smallest absolute Gasteiger partial charge is 0.173 e. The van der Waals surface area contributed by atoms with Gasteiger partial charge >= 0.3 is 0 Å². The van der Waals surface area contributed by atoms with Crippen LogP contribution < -0.4 is 4.74 Å². The van der Waals surface area contributed by atoms with Gasteiger partial charge in [0.05, 0.1) is 12.6 Å². The van der Waals surface area contributed by atoms with Crippen molar-refractivity contribution >= 4 is 28.3 Å². The number of pyridine rings is 1. The molecule has 0 saturated heterocycles. The molecule has 0 saturated carbocycles. The molecule has 5 heteroatoms. The van der Waals surface area contributed by atoms with Gasteiger partial charge in [-0.1, -0.05) is 23.9 Å². The molecule has 3 aromatic heterocycles. The van der Waals surface area contributed by atoms with Crippen LogP contribution in [0.1, 0.15) is 0 Å². The molecule has 1 aromatic carbocycles. The summed E-state index contributed by atoms with van der Waals surface area (Å²) in [5.74, 6) is 0.845. The van der Waals surface area contributed by atoms with Crippen molar-refractivity contribution in [1.29, 1.82) is 0 Å². The zero-order chi connectivity index (χ0) is 15.8. The molecule has 23 heavy (non-hydrogen) atoms. The first-order valence-corrected chi connectivity index (χ1v) is 8.48. The normalized spacial score (nSPS) is 11.2. The van der Waals surface area contributed by atoms with E-state index in [2.05, 4.69) is 32.6 Å². The summed E-state index contributed by atoms with van der Waals surface area (Å²) in [6.45, 7) is 0. The Labute approximate surface area is 138 Å². The van der Waals surface area contributed by atoms with Gasteiger partial charge in [-0.2, -0.15) is 0 Å². The number of benzene rings is 1. The highest BCUT2D eigenvalue weighted by atomic mass is 32.2. The monoisotopic (exact) mass is 321 g/mol. The fourth-order valence-electron chi connectivity index (χ4n) is 2.94. The number of fused-ring (bicyclic) bond motifs is 3. The summed E-state index contributed by atoms with van der Waals surface area (Å²) in [7, 11) is 1.69. The van der Waals surface area contributed by atoms with Crippen LogP contribution in [0.3, 0.4) is 0 Å². The maximum atomic E-state index is 5.38. The highest BCUT2D eigenvalue weighted by molar-refractivity contribution is 7.98. The van der Waals surface area contributed by atoms with Crippen LogP contribution in [0.4, 0.5) is 0 Å². The molecule has 0 bridgehead atoms. The van der Waals surface area contributed by atoms with Crippen molar-refractivity contribution in [3.63, 3.8) is 0 Å². The fourth-order valence-corrected chi connectivity index (χ4v) is 3.47. The highest BCUT2D eigenvalue weighted by Gasteiger charge is 2.16. The zero-order valence-corrected chi connectivity index (χ0v) is 13.7. The average Bonchev–Trinajstić information content (AvgIpc) is 2.96. The van der Waals surface area contributed by atoms with Crippen LogP contribution in [0, 0.1) is 0 Å². The summed E-state index contributed by atoms with van der Waals surface area (Å²) in [5.41, 5.74) is 4.30. The minimum absolute atomic E-state index is 0.845. The van der Waals surface area contributed by atoms with Gasteiger partial charge in [-0.05, 0) is 42.2 Å². The maximum absolute atomic E-state index is 5.38. The third-order valence-corrected chi connectivity index (χ3v) is 4.57. The van der Waals surface area contributed by atoms with Gasteiger partial charge in [0.1, 0.15) is 11.4 Å². The summed E-state index contributed by atoms with van der Waals surface area (Å²) in [5, 5.41) is 2.05. The van der Waals surface area contributed by atoms with E-state index in [1.54, 1.807) is 18.9 Å². The second-order valence-corrected chi connectivity index (χ2v) is 5.91. The summed E-state index contributed by atoms with van der Waals surface area (Å²) in [6.07, 6.45) is 5.70. The van der Waals surface area contributed by atoms with E-state index in [1.807, 2.05) is 42.9 Å². The molecule has 0 atom stereocenters. The van der Waals surface area contributed by atoms with Gasteiger partial charge in [0, 0.05) is 23.3 Å². The van der Waals surface area contributed by atoms with E-state index in [4.69, 9.17) is 4.74 Å². The van der Waals surface area contributed by atoms with Crippen LogP contribution >= 0.6 is 11.8 Å². The van der Waals surface area contributed by atoms with Gasteiger partial charge in [0.2, 0.25) is 0 Å². The standard InChI is InChI=1S/C18H15N3OS/c1-22-13-6-3-5-12(11-13)16-14-7-4-9-19-17(14)21-15(16)8-10-20-18(21)23-2/h3-11H,1-2H3. The molecule has 3 heterocycles. The van der Waals surface area contributed by atoms with Crippen LogP contribution in [0.5, 0.6) is 5.75 Å². The number of thioether (sulfide) groups is 1. The van der Waals surface area contributed by atoms with Gasteiger partial charge in [-0.15, -0.1) is 0 Å². The third kappa shape index (κ3) is 2.16. The van der Waals surface area contributed by atoms with E-state index in [1.165, 1.54) is 0 Å². The summed E-state index contributed by atoms with van der Waals surface area (Å²) < 4.78 is 7.50. The molecule has 0 spiro atoms. The Morgan fingerprint density at radius 3 is 2.78 bits per heavy atom. The van der Waals surface area contributed by atoms with Crippen LogP contribution in [-0.4, -0.2) is 27.7 Å².